The van der Waals surface area contributed by atoms with Crippen LogP contribution in [0.25, 0.3) is 0 Å². The van der Waals surface area contributed by atoms with Crippen LogP contribution in [0.1, 0.15) is 5.56 Å². The predicted molar refractivity (Wildman–Crippen MR) is 112 cm³/mol. The number of ether oxygens (including phenoxy) is 2. The summed E-state index contributed by atoms with van der Waals surface area (Å²) in [6, 6.07) is 17.6. The Hall–Kier alpha value is -3.81. The lowest BCUT2D eigenvalue weighted by Gasteiger charge is -2.18. The average Bonchev–Trinajstić information content (AvgIpc) is 3.28. The molecule has 0 saturated heterocycles. The summed E-state index contributed by atoms with van der Waals surface area (Å²) < 4.78 is 12.2. The number of benzene rings is 2. The topological polar surface area (TPSA) is 94.5 Å². The number of methoxy groups -OCH3 is 1. The van der Waals surface area contributed by atoms with Crippen molar-refractivity contribution in [3.63, 3.8) is 0 Å². The second-order valence-corrected chi connectivity index (χ2v) is 6.51. The quantitative estimate of drug-likeness (QED) is 0.568. The third-order valence-electron chi connectivity index (χ3n) is 4.33. The molecule has 0 aliphatic heterocycles. The molecule has 0 fully saturated rings. The molecule has 0 saturated carbocycles. The fourth-order valence-corrected chi connectivity index (χ4v) is 2.84. The summed E-state index contributed by atoms with van der Waals surface area (Å²) in [5.41, 5.74) is 1.49. The van der Waals surface area contributed by atoms with Crippen molar-refractivity contribution in [1.82, 2.24) is 15.1 Å². The number of hydrogen-bond donors (Lipinski definition) is 2. The Bertz CT molecular complexity index is 945. The second kappa shape index (κ2) is 10.7. The van der Waals surface area contributed by atoms with Crippen molar-refractivity contribution in [3.8, 4) is 5.75 Å². The van der Waals surface area contributed by atoms with Crippen LogP contribution in [0.4, 0.5) is 10.5 Å². The van der Waals surface area contributed by atoms with Crippen LogP contribution in [-0.4, -0.2) is 41.5 Å². The number of amides is 2. The van der Waals surface area contributed by atoms with E-state index in [0.717, 1.165) is 5.56 Å². The van der Waals surface area contributed by atoms with Gasteiger partial charge in [0.25, 0.3) is 0 Å². The van der Waals surface area contributed by atoms with Crippen LogP contribution in [0.5, 0.6) is 5.75 Å². The summed E-state index contributed by atoms with van der Waals surface area (Å²) in [6.07, 6.45) is 3.25. The zero-order chi connectivity index (χ0) is 21.2. The van der Waals surface area contributed by atoms with E-state index in [-0.39, 0.29) is 5.91 Å². The molecule has 1 heterocycles. The molecule has 8 nitrogen and oxygen atoms in total. The Balaban J connectivity index is 1.61. The number of carbonyl (C=O) groups is 2. The third-order valence-corrected chi connectivity index (χ3v) is 4.33. The summed E-state index contributed by atoms with van der Waals surface area (Å²) in [5, 5.41) is 9.54. The minimum absolute atomic E-state index is 0.335. The van der Waals surface area contributed by atoms with Crippen LogP contribution in [0.2, 0.25) is 0 Å². The SMILES string of the molecule is COC(=O)NC(Cc1ccccc1)C(=O)Nc1cccc(OCCn2cccn2)c1. The summed E-state index contributed by atoms with van der Waals surface area (Å²) in [4.78, 5) is 24.5. The number of aromatic nitrogens is 2. The van der Waals surface area contributed by atoms with Crippen molar-refractivity contribution in [3.05, 3.63) is 78.6 Å². The summed E-state index contributed by atoms with van der Waals surface area (Å²) in [6.45, 7) is 1.06. The van der Waals surface area contributed by atoms with Gasteiger partial charge in [0.1, 0.15) is 18.4 Å². The van der Waals surface area contributed by atoms with Crippen molar-refractivity contribution < 1.29 is 19.1 Å². The van der Waals surface area contributed by atoms with Gasteiger partial charge < -0.3 is 20.1 Å². The van der Waals surface area contributed by atoms with E-state index in [1.54, 1.807) is 29.1 Å². The average molecular weight is 408 g/mol. The molecule has 3 aromatic rings. The molecule has 0 aliphatic rings. The number of anilines is 1. The minimum Gasteiger partial charge on any atom is -0.492 e. The van der Waals surface area contributed by atoms with Crippen LogP contribution >= 0.6 is 0 Å². The zero-order valence-electron chi connectivity index (χ0n) is 16.7. The first-order chi connectivity index (χ1) is 14.6. The lowest BCUT2D eigenvalue weighted by Crippen LogP contribution is -2.45. The lowest BCUT2D eigenvalue weighted by atomic mass is 10.1. The Morgan fingerprint density at radius 3 is 2.67 bits per heavy atom. The normalized spacial score (nSPS) is 11.4. The fraction of sp³-hybridized carbons (Fsp3) is 0.227. The van der Waals surface area contributed by atoms with Crippen LogP contribution in [0, 0.1) is 0 Å². The maximum atomic E-state index is 12.8. The number of rotatable bonds is 9. The van der Waals surface area contributed by atoms with Gasteiger partial charge in [-0.05, 0) is 23.8 Å². The summed E-state index contributed by atoms with van der Waals surface area (Å²) in [5.74, 6) is 0.276. The first kappa shape index (κ1) is 20.9. The second-order valence-electron chi connectivity index (χ2n) is 6.51. The standard InChI is InChI=1S/C22H24N4O4/c1-29-22(28)25-20(15-17-7-3-2-4-8-17)21(27)24-18-9-5-10-19(16-18)30-14-13-26-12-6-11-23-26/h2-12,16,20H,13-15H2,1H3,(H,24,27)(H,25,28). The number of alkyl carbamates (subject to hydrolysis) is 1. The van der Waals surface area contributed by atoms with Gasteiger partial charge in [0.2, 0.25) is 5.91 Å². The van der Waals surface area contributed by atoms with Crippen LogP contribution < -0.4 is 15.4 Å². The largest absolute Gasteiger partial charge is 0.492 e. The van der Waals surface area contributed by atoms with Gasteiger partial charge in [-0.15, -0.1) is 0 Å². The minimum atomic E-state index is -0.788. The van der Waals surface area contributed by atoms with Crippen molar-refractivity contribution >= 4 is 17.7 Å². The molecule has 3 rings (SSSR count). The van der Waals surface area contributed by atoms with E-state index < -0.39 is 12.1 Å². The van der Waals surface area contributed by atoms with E-state index in [1.807, 2.05) is 48.7 Å². The maximum absolute atomic E-state index is 12.8. The molecule has 0 radical (unpaired) electrons. The smallest absolute Gasteiger partial charge is 0.407 e. The van der Waals surface area contributed by atoms with Crippen molar-refractivity contribution in [2.24, 2.45) is 0 Å². The number of hydrogen-bond acceptors (Lipinski definition) is 5. The number of nitrogens with zero attached hydrogens (tertiary/aromatic N) is 2. The molecule has 8 heteroatoms. The molecule has 1 atom stereocenters. The molecule has 0 bridgehead atoms. The van der Waals surface area contributed by atoms with Gasteiger partial charge in [0.15, 0.2) is 0 Å². The van der Waals surface area contributed by atoms with Gasteiger partial charge in [0.05, 0.1) is 13.7 Å². The van der Waals surface area contributed by atoms with Gasteiger partial charge in [0, 0.05) is 30.6 Å². The first-order valence-electron chi connectivity index (χ1n) is 9.53. The molecule has 2 aromatic carbocycles. The highest BCUT2D eigenvalue weighted by Gasteiger charge is 2.22. The lowest BCUT2D eigenvalue weighted by molar-refractivity contribution is -0.118. The fourth-order valence-electron chi connectivity index (χ4n) is 2.84. The first-order valence-corrected chi connectivity index (χ1v) is 9.53. The number of nitrogens with one attached hydrogen (secondary N) is 2. The monoisotopic (exact) mass is 408 g/mol. The number of carbonyl (C=O) groups excluding carboxylic acids is 2. The highest BCUT2D eigenvalue weighted by Crippen LogP contribution is 2.18. The molecule has 2 amide bonds. The molecule has 0 spiro atoms. The van der Waals surface area contributed by atoms with Crippen LogP contribution in [-0.2, 0) is 22.5 Å². The highest BCUT2D eigenvalue weighted by molar-refractivity contribution is 5.96. The molecule has 30 heavy (non-hydrogen) atoms. The third kappa shape index (κ3) is 6.37. The molecule has 156 valence electrons. The van der Waals surface area contributed by atoms with E-state index >= 15 is 0 Å². The van der Waals surface area contributed by atoms with E-state index in [2.05, 4.69) is 20.5 Å². The van der Waals surface area contributed by atoms with Gasteiger partial charge in [-0.3, -0.25) is 9.48 Å². The van der Waals surface area contributed by atoms with Crippen LogP contribution in [0.15, 0.2) is 73.1 Å². The Morgan fingerprint density at radius 1 is 1.10 bits per heavy atom. The van der Waals surface area contributed by atoms with E-state index in [1.165, 1.54) is 7.11 Å². The highest BCUT2D eigenvalue weighted by atomic mass is 16.5. The Kier molecular flexibility index (Phi) is 7.43. The maximum Gasteiger partial charge on any atom is 0.407 e. The van der Waals surface area contributed by atoms with E-state index in [0.29, 0.717) is 31.0 Å². The van der Waals surface area contributed by atoms with Crippen molar-refractivity contribution in [1.29, 1.82) is 0 Å². The predicted octanol–water partition coefficient (Wildman–Crippen LogP) is 2.87. The molecule has 2 N–H and O–H groups in total. The van der Waals surface area contributed by atoms with Crippen molar-refractivity contribution in [2.75, 3.05) is 19.0 Å². The molecule has 1 aromatic heterocycles. The summed E-state index contributed by atoms with van der Waals surface area (Å²) >= 11 is 0. The molecular weight excluding hydrogens is 384 g/mol. The van der Waals surface area contributed by atoms with Gasteiger partial charge >= 0.3 is 6.09 Å². The zero-order valence-corrected chi connectivity index (χ0v) is 16.7. The van der Waals surface area contributed by atoms with Crippen molar-refractivity contribution in [2.45, 2.75) is 19.0 Å². The molecule has 0 aliphatic carbocycles. The van der Waals surface area contributed by atoms with E-state index in [4.69, 9.17) is 4.74 Å². The van der Waals surface area contributed by atoms with Gasteiger partial charge in [-0.25, -0.2) is 4.79 Å². The molecule has 1 unspecified atom stereocenters. The summed E-state index contributed by atoms with van der Waals surface area (Å²) in [7, 11) is 1.26. The Morgan fingerprint density at radius 2 is 1.93 bits per heavy atom. The van der Waals surface area contributed by atoms with Crippen LogP contribution in [0.3, 0.4) is 0 Å². The van der Waals surface area contributed by atoms with Gasteiger partial charge in [-0.1, -0.05) is 36.4 Å². The van der Waals surface area contributed by atoms with Gasteiger partial charge in [-0.2, -0.15) is 5.10 Å². The van der Waals surface area contributed by atoms with E-state index in [9.17, 15) is 9.59 Å². The Labute approximate surface area is 174 Å². The molecular formula is C22H24N4O4.